The lowest BCUT2D eigenvalue weighted by Gasteiger charge is -2.40. The summed E-state index contributed by atoms with van der Waals surface area (Å²) in [4.78, 5) is 2.42. The van der Waals surface area contributed by atoms with E-state index in [1.165, 1.54) is 57.8 Å². The van der Waals surface area contributed by atoms with Gasteiger partial charge in [0.05, 0.1) is 0 Å². The van der Waals surface area contributed by atoms with Gasteiger partial charge in [-0.05, 0) is 68.7 Å². The average molecular weight is 290 g/mol. The van der Waals surface area contributed by atoms with Crippen molar-refractivity contribution < 1.29 is 0 Å². The first-order valence-electron chi connectivity index (χ1n) is 7.66. The van der Waals surface area contributed by atoms with Crippen LogP contribution in [0.2, 0.25) is 0 Å². The molecule has 2 aliphatic carbocycles. The molecule has 0 aromatic carbocycles. The lowest BCUT2D eigenvalue weighted by Crippen LogP contribution is -2.38. The first kappa shape index (κ1) is 15.0. The lowest BCUT2D eigenvalue weighted by molar-refractivity contribution is 0.164. The van der Waals surface area contributed by atoms with Gasteiger partial charge in [-0.3, -0.25) is 0 Å². The van der Waals surface area contributed by atoms with Gasteiger partial charge in [0.25, 0.3) is 0 Å². The summed E-state index contributed by atoms with van der Waals surface area (Å²) in [6.45, 7) is 0. The minimum absolute atomic E-state index is 0.717. The van der Waals surface area contributed by atoms with E-state index in [0.29, 0.717) is 0 Å². The second kappa shape index (κ2) is 7.40. The molecule has 2 rings (SSSR count). The summed E-state index contributed by atoms with van der Waals surface area (Å²) in [5.74, 6) is 1.75. The van der Waals surface area contributed by atoms with Crippen molar-refractivity contribution in [2.45, 2.75) is 69.1 Å². The fourth-order valence-corrected chi connectivity index (χ4v) is 5.64. The van der Waals surface area contributed by atoms with Crippen LogP contribution in [0.4, 0.5) is 0 Å². The van der Waals surface area contributed by atoms with E-state index in [9.17, 15) is 0 Å². The van der Waals surface area contributed by atoms with Crippen molar-refractivity contribution in [3.63, 3.8) is 0 Å². The van der Waals surface area contributed by atoms with Crippen LogP contribution in [0.15, 0.2) is 0 Å². The molecule has 1 nitrogen and oxygen atoms in total. The quantitative estimate of drug-likeness (QED) is 0.721. The van der Waals surface area contributed by atoms with Crippen LogP contribution < -0.4 is 0 Å². The molecular weight excluding hydrogens is 262 g/mol. The first-order chi connectivity index (χ1) is 8.72. The summed E-state index contributed by atoms with van der Waals surface area (Å²) in [5, 5.41) is 0.717. The van der Waals surface area contributed by atoms with E-state index in [1.807, 2.05) is 0 Å². The third kappa shape index (κ3) is 3.80. The fraction of sp³-hybridized carbons (Fsp3) is 1.00. The third-order valence-electron chi connectivity index (χ3n) is 5.10. The predicted molar refractivity (Wildman–Crippen MR) is 83.2 cm³/mol. The molecule has 2 aliphatic rings. The molecule has 0 N–H and O–H groups in total. The van der Waals surface area contributed by atoms with Crippen LogP contribution >= 0.6 is 21.7 Å². The maximum absolute atomic E-state index is 6.26. The predicted octanol–water partition coefficient (Wildman–Crippen LogP) is 4.94. The van der Waals surface area contributed by atoms with Crippen molar-refractivity contribution in [3.8, 4) is 0 Å². The highest BCUT2D eigenvalue weighted by molar-refractivity contribution is 8.21. The van der Waals surface area contributed by atoms with Gasteiger partial charge in [-0.2, -0.15) is 0 Å². The Morgan fingerprint density at radius 3 is 2.22 bits per heavy atom. The van der Waals surface area contributed by atoms with Crippen LogP contribution in [0.3, 0.4) is 0 Å². The molecule has 106 valence electrons. The minimum Gasteiger partial charge on any atom is -0.306 e. The highest BCUT2D eigenvalue weighted by Gasteiger charge is 2.34. The molecule has 0 radical (unpaired) electrons. The third-order valence-corrected chi connectivity index (χ3v) is 6.69. The van der Waals surface area contributed by atoms with Gasteiger partial charge in [-0.25, -0.2) is 0 Å². The van der Waals surface area contributed by atoms with Gasteiger partial charge >= 0.3 is 0 Å². The van der Waals surface area contributed by atoms with Crippen LogP contribution in [-0.2, 0) is 0 Å². The van der Waals surface area contributed by atoms with E-state index in [2.05, 4.69) is 19.0 Å². The topological polar surface area (TPSA) is 3.24 Å². The summed E-state index contributed by atoms with van der Waals surface area (Å²) in [5.41, 5.74) is 0. The Morgan fingerprint density at radius 1 is 0.944 bits per heavy atom. The van der Waals surface area contributed by atoms with Gasteiger partial charge in [-0.15, -0.1) is 0 Å². The summed E-state index contributed by atoms with van der Waals surface area (Å²) in [7, 11) is 12.4. The van der Waals surface area contributed by atoms with Gasteiger partial charge in [0.2, 0.25) is 0 Å². The SMILES string of the molecule is CN(C)C1CCCC(C(SCl)C2CCCCC2)C1. The van der Waals surface area contributed by atoms with E-state index in [-0.39, 0.29) is 0 Å². The Morgan fingerprint density at radius 2 is 1.61 bits per heavy atom. The van der Waals surface area contributed by atoms with E-state index in [1.54, 1.807) is 11.0 Å². The van der Waals surface area contributed by atoms with Gasteiger partial charge in [0.1, 0.15) is 0 Å². The maximum Gasteiger partial charge on any atom is 0.0256 e. The van der Waals surface area contributed by atoms with Crippen LogP contribution in [0, 0.1) is 11.8 Å². The van der Waals surface area contributed by atoms with Crippen molar-refractivity contribution in [1.82, 2.24) is 4.90 Å². The maximum atomic E-state index is 6.26. The lowest BCUT2D eigenvalue weighted by atomic mass is 9.75. The number of halogens is 1. The average Bonchev–Trinajstić information content (AvgIpc) is 2.41. The molecule has 0 aromatic rings. The van der Waals surface area contributed by atoms with Crippen molar-refractivity contribution in [3.05, 3.63) is 0 Å². The molecule has 0 saturated heterocycles. The van der Waals surface area contributed by atoms with E-state index in [0.717, 1.165) is 23.1 Å². The van der Waals surface area contributed by atoms with Crippen LogP contribution in [0.25, 0.3) is 0 Å². The number of nitrogens with zero attached hydrogens (tertiary/aromatic N) is 1. The Hall–Kier alpha value is 0.600. The molecule has 3 unspecified atom stereocenters. The fourth-order valence-electron chi connectivity index (χ4n) is 3.96. The van der Waals surface area contributed by atoms with Gasteiger partial charge < -0.3 is 4.90 Å². The molecule has 18 heavy (non-hydrogen) atoms. The van der Waals surface area contributed by atoms with Gasteiger partial charge in [0.15, 0.2) is 0 Å². The second-order valence-corrected chi connectivity index (χ2v) is 7.75. The number of hydrogen-bond donors (Lipinski definition) is 0. The largest absolute Gasteiger partial charge is 0.306 e. The summed E-state index contributed by atoms with van der Waals surface area (Å²) < 4.78 is 0. The van der Waals surface area contributed by atoms with Crippen molar-refractivity contribution in [2.75, 3.05) is 14.1 Å². The van der Waals surface area contributed by atoms with E-state index < -0.39 is 0 Å². The molecule has 0 aromatic heterocycles. The van der Waals surface area contributed by atoms with Crippen molar-refractivity contribution in [1.29, 1.82) is 0 Å². The molecular formula is C15H28ClNS. The molecule has 0 aliphatic heterocycles. The smallest absolute Gasteiger partial charge is 0.0256 e. The Kier molecular flexibility index (Phi) is 6.17. The summed E-state index contributed by atoms with van der Waals surface area (Å²) >= 11 is 0. The molecule has 3 heteroatoms. The number of rotatable bonds is 4. The van der Waals surface area contributed by atoms with Crippen LogP contribution in [0.1, 0.15) is 57.8 Å². The standard InChI is InChI=1S/C15H28ClNS/c1-17(2)14-10-6-9-13(11-14)15(18-16)12-7-4-3-5-8-12/h12-15H,3-11H2,1-2H3. The van der Waals surface area contributed by atoms with Gasteiger partial charge in [0, 0.05) is 11.3 Å². The molecule has 0 bridgehead atoms. The monoisotopic (exact) mass is 289 g/mol. The first-order valence-corrected chi connectivity index (χ1v) is 9.36. The normalized spacial score (nSPS) is 32.7. The Labute approximate surface area is 122 Å². The zero-order valence-corrected chi connectivity index (χ0v) is 13.5. The van der Waals surface area contributed by atoms with Gasteiger partial charge in [-0.1, -0.05) is 36.7 Å². The summed E-state index contributed by atoms with van der Waals surface area (Å²) in [6, 6.07) is 0.790. The molecule has 0 heterocycles. The Bertz CT molecular complexity index is 241. The molecule has 0 amide bonds. The highest BCUT2D eigenvalue weighted by atomic mass is 35.7. The molecule has 0 spiro atoms. The van der Waals surface area contributed by atoms with Crippen LogP contribution in [0.5, 0.6) is 0 Å². The van der Waals surface area contributed by atoms with E-state index in [4.69, 9.17) is 10.7 Å². The zero-order chi connectivity index (χ0) is 13.0. The molecule has 3 atom stereocenters. The molecule has 2 saturated carbocycles. The van der Waals surface area contributed by atoms with Crippen molar-refractivity contribution >= 4 is 21.7 Å². The molecule has 2 fully saturated rings. The number of hydrogen-bond acceptors (Lipinski definition) is 2. The van der Waals surface area contributed by atoms with Crippen molar-refractivity contribution in [2.24, 2.45) is 11.8 Å². The highest BCUT2D eigenvalue weighted by Crippen LogP contribution is 2.43. The van der Waals surface area contributed by atoms with Crippen LogP contribution in [-0.4, -0.2) is 30.3 Å². The zero-order valence-electron chi connectivity index (χ0n) is 11.9. The Balaban J connectivity index is 1.93. The van der Waals surface area contributed by atoms with E-state index >= 15 is 0 Å². The second-order valence-electron chi connectivity index (χ2n) is 6.50. The minimum atomic E-state index is 0.717. The summed E-state index contributed by atoms with van der Waals surface area (Å²) in [6.07, 6.45) is 12.7.